The number of amides is 2. The van der Waals surface area contributed by atoms with E-state index >= 15 is 0 Å². The van der Waals surface area contributed by atoms with Gasteiger partial charge in [-0.05, 0) is 90.3 Å². The van der Waals surface area contributed by atoms with Crippen LogP contribution in [-0.2, 0) is 22.4 Å². The number of aliphatic carboxylic acids is 1. The summed E-state index contributed by atoms with van der Waals surface area (Å²) < 4.78 is 11.2. The second-order valence-electron chi connectivity index (χ2n) is 11.5. The molecule has 0 aliphatic carbocycles. The molecule has 10 nitrogen and oxygen atoms in total. The predicted molar refractivity (Wildman–Crippen MR) is 185 cm³/mol. The van der Waals surface area contributed by atoms with Crippen LogP contribution in [0.1, 0.15) is 76.4 Å². The van der Waals surface area contributed by atoms with E-state index in [4.69, 9.17) is 14.7 Å². The van der Waals surface area contributed by atoms with Crippen LogP contribution >= 0.6 is 0 Å². The first-order chi connectivity index (χ1) is 23.7. The smallest absolute Gasteiger partial charge is 0.343 e. The van der Waals surface area contributed by atoms with Crippen LogP contribution in [0, 0.1) is 11.3 Å². The van der Waals surface area contributed by atoms with E-state index in [0.29, 0.717) is 40.5 Å². The molecule has 0 radical (unpaired) electrons. The zero-order valence-corrected chi connectivity index (χ0v) is 27.3. The summed E-state index contributed by atoms with van der Waals surface area (Å²) in [5.74, 6) is -1.62. The van der Waals surface area contributed by atoms with Gasteiger partial charge in [-0.1, -0.05) is 56.9 Å². The van der Waals surface area contributed by atoms with Crippen LogP contribution in [0.2, 0.25) is 0 Å². The van der Waals surface area contributed by atoms with Crippen molar-refractivity contribution in [1.82, 2.24) is 5.32 Å². The van der Waals surface area contributed by atoms with E-state index in [1.54, 1.807) is 84.9 Å². The number of hydrogen-bond donors (Lipinski definition) is 3. The van der Waals surface area contributed by atoms with Gasteiger partial charge in [-0.15, -0.1) is 0 Å². The summed E-state index contributed by atoms with van der Waals surface area (Å²) in [6, 6.07) is 26.8. The highest BCUT2D eigenvalue weighted by Gasteiger charge is 2.21. The Morgan fingerprint density at radius 2 is 1.37 bits per heavy atom. The SMILES string of the molecule is CCCCCCCOc1ccc(C(=O)Oc2ccc(C[C@H](NC(=O)c3ccc(NC(=O)Cc4ccc(C#N)cc4)cc3)C(=O)O)cc2)cc1. The average Bonchev–Trinajstić information content (AvgIpc) is 3.11. The molecule has 0 unspecified atom stereocenters. The van der Waals surface area contributed by atoms with E-state index in [9.17, 15) is 24.3 Å². The van der Waals surface area contributed by atoms with Gasteiger partial charge in [0.1, 0.15) is 17.5 Å². The molecule has 1 atom stereocenters. The zero-order valence-electron chi connectivity index (χ0n) is 27.3. The van der Waals surface area contributed by atoms with Gasteiger partial charge in [0.05, 0.1) is 30.2 Å². The largest absolute Gasteiger partial charge is 0.494 e. The molecule has 3 N–H and O–H groups in total. The molecule has 0 heterocycles. The number of nitrogens with one attached hydrogen (secondary N) is 2. The van der Waals surface area contributed by atoms with Crippen molar-refractivity contribution in [3.8, 4) is 17.6 Å². The lowest BCUT2D eigenvalue weighted by molar-refractivity contribution is -0.139. The van der Waals surface area contributed by atoms with Crippen molar-refractivity contribution < 1.29 is 33.8 Å². The van der Waals surface area contributed by atoms with Gasteiger partial charge < -0.3 is 25.2 Å². The Morgan fingerprint density at radius 3 is 2.00 bits per heavy atom. The van der Waals surface area contributed by atoms with Crippen molar-refractivity contribution in [2.45, 2.75) is 57.9 Å². The molecule has 10 heteroatoms. The number of unbranched alkanes of at least 4 members (excludes halogenated alkanes) is 4. The minimum Gasteiger partial charge on any atom is -0.494 e. The third kappa shape index (κ3) is 11.7. The van der Waals surface area contributed by atoms with Crippen LogP contribution in [-0.4, -0.2) is 41.5 Å². The Labute approximate surface area is 285 Å². The summed E-state index contributed by atoms with van der Waals surface area (Å²) in [5, 5.41) is 24.0. The molecule has 0 saturated carbocycles. The monoisotopic (exact) mass is 661 g/mol. The third-order valence-corrected chi connectivity index (χ3v) is 7.66. The first-order valence-corrected chi connectivity index (χ1v) is 16.2. The molecule has 0 aromatic heterocycles. The maximum atomic E-state index is 12.9. The highest BCUT2D eigenvalue weighted by atomic mass is 16.5. The fourth-order valence-electron chi connectivity index (χ4n) is 4.91. The first kappa shape index (κ1) is 35.9. The number of carboxylic acid groups (broad SMARTS) is 1. The number of benzene rings is 4. The molecule has 0 bridgehead atoms. The van der Waals surface area contributed by atoms with Gasteiger partial charge in [0.2, 0.25) is 5.91 Å². The Hall–Kier alpha value is -5.95. The second-order valence-corrected chi connectivity index (χ2v) is 11.5. The molecule has 49 heavy (non-hydrogen) atoms. The normalized spacial score (nSPS) is 11.1. The molecule has 4 rings (SSSR count). The molecular formula is C39H39N3O7. The number of ether oxygens (including phenoxy) is 2. The molecule has 252 valence electrons. The van der Waals surface area contributed by atoms with Gasteiger partial charge in [0.25, 0.3) is 5.91 Å². The van der Waals surface area contributed by atoms with Crippen molar-refractivity contribution in [2.24, 2.45) is 0 Å². The van der Waals surface area contributed by atoms with Crippen molar-refractivity contribution >= 4 is 29.4 Å². The van der Waals surface area contributed by atoms with Gasteiger partial charge in [-0.3, -0.25) is 9.59 Å². The Bertz CT molecular complexity index is 1750. The van der Waals surface area contributed by atoms with Crippen molar-refractivity contribution in [1.29, 1.82) is 5.26 Å². The summed E-state index contributed by atoms with van der Waals surface area (Å²) in [6.45, 7) is 2.81. The maximum Gasteiger partial charge on any atom is 0.343 e. The zero-order chi connectivity index (χ0) is 35.0. The number of carbonyl (C=O) groups excluding carboxylic acids is 3. The number of anilines is 1. The van der Waals surface area contributed by atoms with Crippen LogP contribution < -0.4 is 20.1 Å². The van der Waals surface area contributed by atoms with Gasteiger partial charge in [0.15, 0.2) is 0 Å². The summed E-state index contributed by atoms with van der Waals surface area (Å²) >= 11 is 0. The number of hydrogen-bond acceptors (Lipinski definition) is 7. The van der Waals surface area contributed by atoms with Crippen molar-refractivity contribution in [2.75, 3.05) is 11.9 Å². The second kappa shape index (κ2) is 18.4. The van der Waals surface area contributed by atoms with Crippen LogP contribution in [0.15, 0.2) is 97.1 Å². The van der Waals surface area contributed by atoms with Gasteiger partial charge in [-0.2, -0.15) is 5.26 Å². The van der Waals surface area contributed by atoms with Crippen molar-refractivity contribution in [3.05, 3.63) is 125 Å². The number of esters is 1. The van der Waals surface area contributed by atoms with Crippen LogP contribution in [0.5, 0.6) is 11.5 Å². The Balaban J connectivity index is 1.24. The van der Waals surface area contributed by atoms with E-state index in [2.05, 4.69) is 17.6 Å². The van der Waals surface area contributed by atoms with Gasteiger partial charge >= 0.3 is 11.9 Å². The lowest BCUT2D eigenvalue weighted by Gasteiger charge is -2.15. The summed E-state index contributed by atoms with van der Waals surface area (Å²) in [6.07, 6.45) is 5.85. The lowest BCUT2D eigenvalue weighted by atomic mass is 10.0. The summed E-state index contributed by atoms with van der Waals surface area (Å²) in [4.78, 5) is 49.9. The van der Waals surface area contributed by atoms with E-state index in [0.717, 1.165) is 18.4 Å². The van der Waals surface area contributed by atoms with Crippen molar-refractivity contribution in [3.63, 3.8) is 0 Å². The van der Waals surface area contributed by atoms with Gasteiger partial charge in [0, 0.05) is 17.7 Å². The molecule has 0 spiro atoms. The Morgan fingerprint density at radius 1 is 0.755 bits per heavy atom. The first-order valence-electron chi connectivity index (χ1n) is 16.2. The average molecular weight is 662 g/mol. The quantitative estimate of drug-likeness (QED) is 0.0639. The fourth-order valence-corrected chi connectivity index (χ4v) is 4.91. The minimum absolute atomic E-state index is 0.00114. The number of nitrogens with zero attached hydrogens (tertiary/aromatic N) is 1. The number of carbonyl (C=O) groups is 4. The number of carboxylic acids is 1. The number of nitriles is 1. The summed E-state index contributed by atoms with van der Waals surface area (Å²) in [7, 11) is 0. The fraction of sp³-hybridized carbons (Fsp3) is 0.256. The predicted octanol–water partition coefficient (Wildman–Crippen LogP) is 6.73. The number of rotatable bonds is 17. The molecular weight excluding hydrogens is 622 g/mol. The third-order valence-electron chi connectivity index (χ3n) is 7.66. The summed E-state index contributed by atoms with van der Waals surface area (Å²) in [5.41, 5.74) is 2.93. The van der Waals surface area contributed by atoms with E-state index in [1.807, 2.05) is 6.07 Å². The molecule has 4 aromatic carbocycles. The van der Waals surface area contributed by atoms with Crippen LogP contribution in [0.25, 0.3) is 0 Å². The van der Waals surface area contributed by atoms with E-state index < -0.39 is 23.9 Å². The topological polar surface area (TPSA) is 155 Å². The van der Waals surface area contributed by atoms with E-state index in [1.165, 1.54) is 31.4 Å². The minimum atomic E-state index is -1.22. The van der Waals surface area contributed by atoms with Crippen LogP contribution in [0.4, 0.5) is 5.69 Å². The van der Waals surface area contributed by atoms with Crippen LogP contribution in [0.3, 0.4) is 0 Å². The molecule has 4 aromatic rings. The highest BCUT2D eigenvalue weighted by Crippen LogP contribution is 2.19. The van der Waals surface area contributed by atoms with Gasteiger partial charge in [-0.25, -0.2) is 9.59 Å². The Kier molecular flexibility index (Phi) is 13.5. The standard InChI is InChI=1S/C39H39N3O7/c1-2-3-4-5-6-23-48-33-21-15-31(16-22-33)39(47)49-34-19-11-27(12-20-34)24-35(38(45)46)42-37(44)30-13-17-32(18-14-30)41-36(43)25-28-7-9-29(26-40)10-8-28/h7-22,35H,2-6,23-25H2,1H3,(H,41,43)(H,42,44)(H,45,46)/t35-/m0/s1. The maximum absolute atomic E-state index is 12.9. The van der Waals surface area contributed by atoms with E-state index in [-0.39, 0.29) is 24.3 Å². The molecule has 0 aliphatic rings. The molecule has 0 saturated heterocycles. The molecule has 0 aliphatic heterocycles. The lowest BCUT2D eigenvalue weighted by Crippen LogP contribution is -2.42. The molecule has 0 fully saturated rings. The highest BCUT2D eigenvalue weighted by molar-refractivity contribution is 5.98. The molecule has 2 amide bonds.